The molecule has 68 valence electrons. The highest BCUT2D eigenvalue weighted by molar-refractivity contribution is 7.99. The highest BCUT2D eigenvalue weighted by Gasteiger charge is 2.00. The van der Waals surface area contributed by atoms with E-state index in [4.69, 9.17) is 12.3 Å². The number of thioether (sulfide) groups is 1. The van der Waals surface area contributed by atoms with Gasteiger partial charge in [-0.05, 0) is 24.0 Å². The summed E-state index contributed by atoms with van der Waals surface area (Å²) in [6.45, 7) is 2.10. The van der Waals surface area contributed by atoms with Crippen LogP contribution in [-0.4, -0.2) is 5.75 Å². The molecule has 0 saturated carbocycles. The molecule has 0 fully saturated rings. The Balaban J connectivity index is 3.02. The molecule has 0 atom stereocenters. The largest absolute Gasteiger partial charge is 0.323 e. The molecule has 0 heterocycles. The zero-order valence-electron chi connectivity index (χ0n) is 7.50. The number of rotatable bonds is 3. The lowest BCUT2D eigenvalue weighted by molar-refractivity contribution is 1.28. The zero-order valence-corrected chi connectivity index (χ0v) is 8.32. The SMILES string of the molecule is C#Cc1ccc(SCC)c(NN)c1. The van der Waals surface area contributed by atoms with E-state index in [0.717, 1.165) is 21.9 Å². The van der Waals surface area contributed by atoms with E-state index in [1.54, 1.807) is 11.8 Å². The van der Waals surface area contributed by atoms with Crippen molar-refractivity contribution in [1.29, 1.82) is 0 Å². The fourth-order valence-corrected chi connectivity index (χ4v) is 1.76. The van der Waals surface area contributed by atoms with Gasteiger partial charge in [0.1, 0.15) is 0 Å². The molecule has 0 saturated heterocycles. The fourth-order valence-electron chi connectivity index (χ4n) is 1.01. The molecule has 13 heavy (non-hydrogen) atoms. The Morgan fingerprint density at radius 1 is 1.62 bits per heavy atom. The third-order valence-corrected chi connectivity index (χ3v) is 2.56. The molecule has 1 aromatic rings. The van der Waals surface area contributed by atoms with Crippen LogP contribution in [0.4, 0.5) is 5.69 Å². The van der Waals surface area contributed by atoms with Crippen LogP contribution in [0.15, 0.2) is 23.1 Å². The minimum Gasteiger partial charge on any atom is -0.323 e. The topological polar surface area (TPSA) is 38.0 Å². The summed E-state index contributed by atoms with van der Waals surface area (Å²) >= 11 is 1.73. The lowest BCUT2D eigenvalue weighted by Crippen LogP contribution is -2.07. The van der Waals surface area contributed by atoms with E-state index in [1.165, 1.54) is 0 Å². The van der Waals surface area contributed by atoms with E-state index in [1.807, 2.05) is 18.2 Å². The van der Waals surface area contributed by atoms with Gasteiger partial charge >= 0.3 is 0 Å². The van der Waals surface area contributed by atoms with Crippen LogP contribution in [0.2, 0.25) is 0 Å². The second-order valence-electron chi connectivity index (χ2n) is 2.43. The summed E-state index contributed by atoms with van der Waals surface area (Å²) in [7, 11) is 0. The van der Waals surface area contributed by atoms with Crippen molar-refractivity contribution in [2.45, 2.75) is 11.8 Å². The molecule has 0 aromatic heterocycles. The Labute approximate surface area is 82.9 Å². The average molecular weight is 192 g/mol. The molecule has 0 bridgehead atoms. The molecule has 3 heteroatoms. The van der Waals surface area contributed by atoms with Gasteiger partial charge in [0.2, 0.25) is 0 Å². The van der Waals surface area contributed by atoms with E-state index in [9.17, 15) is 0 Å². The van der Waals surface area contributed by atoms with Crippen LogP contribution in [0.25, 0.3) is 0 Å². The minimum atomic E-state index is 0.841. The second-order valence-corrected chi connectivity index (χ2v) is 3.74. The maximum atomic E-state index is 5.37. The van der Waals surface area contributed by atoms with E-state index < -0.39 is 0 Å². The van der Waals surface area contributed by atoms with E-state index in [-0.39, 0.29) is 0 Å². The third-order valence-electron chi connectivity index (χ3n) is 1.60. The van der Waals surface area contributed by atoms with Crippen LogP contribution < -0.4 is 11.3 Å². The van der Waals surface area contributed by atoms with Crippen LogP contribution in [0, 0.1) is 12.3 Å². The van der Waals surface area contributed by atoms with Gasteiger partial charge in [-0.3, -0.25) is 5.84 Å². The molecule has 2 nitrogen and oxygen atoms in total. The van der Waals surface area contributed by atoms with Gasteiger partial charge < -0.3 is 5.43 Å². The first-order valence-corrected chi connectivity index (χ1v) is 5.00. The van der Waals surface area contributed by atoms with Gasteiger partial charge in [0, 0.05) is 10.5 Å². The maximum Gasteiger partial charge on any atom is 0.0633 e. The number of nitrogen functional groups attached to an aromatic ring is 1. The monoisotopic (exact) mass is 192 g/mol. The molecular formula is C10H12N2S. The highest BCUT2D eigenvalue weighted by atomic mass is 32.2. The standard InChI is InChI=1S/C10H12N2S/c1-3-8-5-6-10(13-4-2)9(7-8)12-11/h1,5-7,12H,4,11H2,2H3. The number of hydrogen-bond donors (Lipinski definition) is 2. The fraction of sp³-hybridized carbons (Fsp3) is 0.200. The van der Waals surface area contributed by atoms with E-state index in [2.05, 4.69) is 18.3 Å². The molecule has 3 N–H and O–H groups in total. The van der Waals surface area contributed by atoms with E-state index >= 15 is 0 Å². The number of nitrogens with one attached hydrogen (secondary N) is 1. The van der Waals surface area contributed by atoms with Crippen molar-refractivity contribution in [2.24, 2.45) is 5.84 Å². The van der Waals surface area contributed by atoms with Crippen molar-refractivity contribution in [1.82, 2.24) is 0 Å². The van der Waals surface area contributed by atoms with Crippen molar-refractivity contribution >= 4 is 17.4 Å². The molecular weight excluding hydrogens is 180 g/mol. The number of hydrogen-bond acceptors (Lipinski definition) is 3. The van der Waals surface area contributed by atoms with E-state index in [0.29, 0.717) is 0 Å². The first-order valence-electron chi connectivity index (χ1n) is 4.02. The molecule has 0 radical (unpaired) electrons. The average Bonchev–Trinajstić information content (AvgIpc) is 2.19. The Kier molecular flexibility index (Phi) is 3.69. The van der Waals surface area contributed by atoms with Gasteiger partial charge in [-0.15, -0.1) is 18.2 Å². The van der Waals surface area contributed by atoms with Crippen molar-refractivity contribution in [3.8, 4) is 12.3 Å². The summed E-state index contributed by atoms with van der Waals surface area (Å²) in [5, 5.41) is 0. The normalized spacial score (nSPS) is 9.31. The molecule has 1 rings (SSSR count). The number of nitrogens with two attached hydrogens (primary N) is 1. The van der Waals surface area contributed by atoms with Crippen LogP contribution in [0.1, 0.15) is 12.5 Å². The number of hydrazine groups is 1. The molecule has 1 aromatic carbocycles. The molecule has 0 unspecified atom stereocenters. The second kappa shape index (κ2) is 4.80. The molecule has 0 amide bonds. The maximum absolute atomic E-state index is 5.37. The van der Waals surface area contributed by atoms with Crippen molar-refractivity contribution < 1.29 is 0 Å². The van der Waals surface area contributed by atoms with Crippen LogP contribution >= 0.6 is 11.8 Å². The number of terminal acetylenes is 1. The quantitative estimate of drug-likeness (QED) is 0.333. The van der Waals surface area contributed by atoms with Crippen molar-refractivity contribution in [3.63, 3.8) is 0 Å². The first kappa shape index (κ1) is 9.97. The van der Waals surface area contributed by atoms with Gasteiger partial charge in [-0.1, -0.05) is 12.8 Å². The summed E-state index contributed by atoms with van der Waals surface area (Å²) in [6.07, 6.45) is 5.27. The van der Waals surface area contributed by atoms with Gasteiger partial charge in [0.05, 0.1) is 5.69 Å². The first-order chi connectivity index (χ1) is 6.31. The summed E-state index contributed by atoms with van der Waals surface area (Å²) < 4.78 is 0. The Hall–Kier alpha value is -1.11. The molecule has 0 aliphatic rings. The lowest BCUT2D eigenvalue weighted by Gasteiger charge is -2.07. The summed E-state index contributed by atoms with van der Waals surface area (Å²) in [4.78, 5) is 1.13. The minimum absolute atomic E-state index is 0.841. The molecule has 0 aliphatic heterocycles. The lowest BCUT2D eigenvalue weighted by atomic mass is 10.2. The number of benzene rings is 1. The Morgan fingerprint density at radius 3 is 2.92 bits per heavy atom. The highest BCUT2D eigenvalue weighted by Crippen LogP contribution is 2.26. The van der Waals surface area contributed by atoms with Gasteiger partial charge in [-0.25, -0.2) is 0 Å². The predicted molar refractivity (Wildman–Crippen MR) is 58.6 cm³/mol. The van der Waals surface area contributed by atoms with Crippen molar-refractivity contribution in [2.75, 3.05) is 11.2 Å². The Morgan fingerprint density at radius 2 is 2.38 bits per heavy atom. The Bertz CT molecular complexity index is 328. The summed E-state index contributed by atoms with van der Waals surface area (Å²) in [6, 6.07) is 5.77. The predicted octanol–water partition coefficient (Wildman–Crippen LogP) is 2.07. The third kappa shape index (κ3) is 2.41. The summed E-state index contributed by atoms with van der Waals surface area (Å²) in [5.74, 6) is 8.96. The zero-order chi connectivity index (χ0) is 9.68. The smallest absolute Gasteiger partial charge is 0.0633 e. The summed E-state index contributed by atoms with van der Waals surface area (Å²) in [5.41, 5.74) is 4.37. The van der Waals surface area contributed by atoms with Crippen LogP contribution in [0.5, 0.6) is 0 Å². The molecule has 0 aliphatic carbocycles. The number of anilines is 1. The van der Waals surface area contributed by atoms with Gasteiger partial charge in [0.25, 0.3) is 0 Å². The van der Waals surface area contributed by atoms with Crippen molar-refractivity contribution in [3.05, 3.63) is 23.8 Å². The molecule has 0 spiro atoms. The van der Waals surface area contributed by atoms with Crippen LogP contribution in [0.3, 0.4) is 0 Å². The van der Waals surface area contributed by atoms with Crippen LogP contribution in [-0.2, 0) is 0 Å². The van der Waals surface area contributed by atoms with Gasteiger partial charge in [0.15, 0.2) is 0 Å². The van der Waals surface area contributed by atoms with Gasteiger partial charge in [-0.2, -0.15) is 0 Å².